The van der Waals surface area contributed by atoms with E-state index in [9.17, 15) is 0 Å². The molecule has 0 spiro atoms. The quantitative estimate of drug-likeness (QED) is 0.546. The first-order valence-electron chi connectivity index (χ1n) is 3.49. The average Bonchev–Trinajstić information content (AvgIpc) is 1.64. The van der Waals surface area contributed by atoms with E-state index in [1.54, 1.807) is 0 Å². The number of rotatable bonds is 2. The molecule has 0 nitrogen and oxygen atoms in total. The molecule has 0 aromatic carbocycles. The Morgan fingerprint density at radius 1 is 1.50 bits per heavy atom. The van der Waals surface area contributed by atoms with Gasteiger partial charge in [0, 0.05) is 4.75 Å². The Balaban J connectivity index is 2.20. The Morgan fingerprint density at radius 3 is 2.25 bits per heavy atom. The summed E-state index contributed by atoms with van der Waals surface area (Å²) in [5.41, 5.74) is 0. The van der Waals surface area contributed by atoms with E-state index in [1.165, 1.54) is 32.1 Å². The van der Waals surface area contributed by atoms with Gasteiger partial charge in [0.2, 0.25) is 0 Å². The second-order valence-electron chi connectivity index (χ2n) is 2.83. The van der Waals surface area contributed by atoms with Crippen molar-refractivity contribution in [3.05, 3.63) is 0 Å². The third-order valence-corrected chi connectivity index (χ3v) is 2.67. The number of hydrogen-bond donors (Lipinski definition) is 1. The summed E-state index contributed by atoms with van der Waals surface area (Å²) < 4.78 is 0.467. The van der Waals surface area contributed by atoms with E-state index in [2.05, 4.69) is 19.6 Å². The standard InChI is InChI=1S/C7H14S/c1-2-4-7(8)5-3-6-7/h8H,2-6H2,1H3. The van der Waals surface area contributed by atoms with Gasteiger partial charge in [0.05, 0.1) is 0 Å². The molecule has 1 heteroatoms. The fraction of sp³-hybridized carbons (Fsp3) is 1.00. The maximum absolute atomic E-state index is 4.55. The van der Waals surface area contributed by atoms with Gasteiger partial charge >= 0.3 is 0 Å². The van der Waals surface area contributed by atoms with Gasteiger partial charge in [0.1, 0.15) is 0 Å². The van der Waals surface area contributed by atoms with Crippen LogP contribution >= 0.6 is 12.6 Å². The Kier molecular flexibility index (Phi) is 1.86. The Labute approximate surface area is 57.1 Å². The summed E-state index contributed by atoms with van der Waals surface area (Å²) in [7, 11) is 0. The molecule has 0 unspecified atom stereocenters. The van der Waals surface area contributed by atoms with Crippen molar-refractivity contribution in [2.24, 2.45) is 0 Å². The van der Waals surface area contributed by atoms with Crippen molar-refractivity contribution in [1.82, 2.24) is 0 Å². The molecule has 1 saturated carbocycles. The zero-order valence-corrected chi connectivity index (χ0v) is 6.38. The van der Waals surface area contributed by atoms with Crippen molar-refractivity contribution < 1.29 is 0 Å². The molecule has 0 amide bonds. The van der Waals surface area contributed by atoms with Crippen LogP contribution in [0.15, 0.2) is 0 Å². The summed E-state index contributed by atoms with van der Waals surface area (Å²) in [6.45, 7) is 2.23. The van der Waals surface area contributed by atoms with E-state index in [0.29, 0.717) is 4.75 Å². The van der Waals surface area contributed by atoms with Gasteiger partial charge < -0.3 is 0 Å². The lowest BCUT2D eigenvalue weighted by Crippen LogP contribution is -2.29. The molecule has 1 fully saturated rings. The van der Waals surface area contributed by atoms with Crippen LogP contribution in [-0.4, -0.2) is 4.75 Å². The van der Waals surface area contributed by atoms with Crippen molar-refractivity contribution in [3.8, 4) is 0 Å². The zero-order chi connectivity index (χ0) is 6.04. The molecule has 0 aromatic heterocycles. The summed E-state index contributed by atoms with van der Waals surface area (Å²) in [5.74, 6) is 0. The van der Waals surface area contributed by atoms with E-state index in [0.717, 1.165) is 0 Å². The van der Waals surface area contributed by atoms with Gasteiger partial charge in [0.25, 0.3) is 0 Å². The lowest BCUT2D eigenvalue weighted by molar-refractivity contribution is 0.342. The van der Waals surface area contributed by atoms with Crippen LogP contribution in [0.25, 0.3) is 0 Å². The fourth-order valence-electron chi connectivity index (χ4n) is 1.30. The van der Waals surface area contributed by atoms with E-state index in [1.807, 2.05) is 0 Å². The smallest absolute Gasteiger partial charge is 0.0129 e. The highest BCUT2D eigenvalue weighted by molar-refractivity contribution is 7.81. The Bertz CT molecular complexity index is 74.5. The minimum absolute atomic E-state index is 0.467. The third-order valence-electron chi connectivity index (χ3n) is 2.00. The zero-order valence-electron chi connectivity index (χ0n) is 5.48. The first kappa shape index (κ1) is 6.47. The summed E-state index contributed by atoms with van der Waals surface area (Å²) in [4.78, 5) is 0. The lowest BCUT2D eigenvalue weighted by Gasteiger charge is -2.36. The SMILES string of the molecule is CCCC1(S)CCC1. The van der Waals surface area contributed by atoms with Crippen LogP contribution in [0.5, 0.6) is 0 Å². The molecule has 0 heterocycles. The second kappa shape index (κ2) is 2.30. The molecule has 0 N–H and O–H groups in total. The summed E-state index contributed by atoms with van der Waals surface area (Å²) in [5, 5.41) is 0. The maximum atomic E-state index is 4.55. The summed E-state index contributed by atoms with van der Waals surface area (Å²) >= 11 is 4.55. The van der Waals surface area contributed by atoms with Gasteiger partial charge in [-0.1, -0.05) is 19.8 Å². The molecule has 0 bridgehead atoms. The van der Waals surface area contributed by atoms with E-state index < -0.39 is 0 Å². The Morgan fingerprint density at radius 2 is 2.12 bits per heavy atom. The van der Waals surface area contributed by atoms with Crippen LogP contribution in [0.4, 0.5) is 0 Å². The molecule has 0 aliphatic heterocycles. The molecule has 0 aromatic rings. The van der Waals surface area contributed by atoms with Gasteiger partial charge in [0.15, 0.2) is 0 Å². The van der Waals surface area contributed by atoms with Crippen molar-refractivity contribution >= 4 is 12.6 Å². The molecule has 1 rings (SSSR count). The van der Waals surface area contributed by atoms with Crippen LogP contribution in [0.3, 0.4) is 0 Å². The minimum atomic E-state index is 0.467. The van der Waals surface area contributed by atoms with Crippen molar-refractivity contribution in [1.29, 1.82) is 0 Å². The molecule has 8 heavy (non-hydrogen) atoms. The van der Waals surface area contributed by atoms with E-state index in [-0.39, 0.29) is 0 Å². The molecule has 1 aliphatic rings. The largest absolute Gasteiger partial charge is 0.173 e. The van der Waals surface area contributed by atoms with Gasteiger partial charge in [-0.3, -0.25) is 0 Å². The van der Waals surface area contributed by atoms with Crippen LogP contribution in [0, 0.1) is 0 Å². The van der Waals surface area contributed by atoms with Crippen LogP contribution < -0.4 is 0 Å². The lowest BCUT2D eigenvalue weighted by atomic mass is 9.81. The van der Waals surface area contributed by atoms with Gasteiger partial charge in [-0.2, -0.15) is 12.6 Å². The summed E-state index contributed by atoms with van der Waals surface area (Å²) in [6.07, 6.45) is 6.72. The highest BCUT2D eigenvalue weighted by atomic mass is 32.1. The number of thiol groups is 1. The molecule has 0 atom stereocenters. The second-order valence-corrected chi connectivity index (χ2v) is 3.78. The Hall–Kier alpha value is 0.350. The van der Waals surface area contributed by atoms with Crippen molar-refractivity contribution in [3.63, 3.8) is 0 Å². The highest BCUT2D eigenvalue weighted by Crippen LogP contribution is 2.41. The fourth-order valence-corrected chi connectivity index (χ4v) is 1.84. The normalized spacial score (nSPS) is 24.8. The predicted octanol–water partition coefficient (Wildman–Crippen LogP) is 2.64. The van der Waals surface area contributed by atoms with Gasteiger partial charge in [-0.15, -0.1) is 0 Å². The van der Waals surface area contributed by atoms with Crippen molar-refractivity contribution in [2.45, 2.75) is 43.8 Å². The molecular weight excluding hydrogens is 116 g/mol. The summed E-state index contributed by atoms with van der Waals surface area (Å²) in [6, 6.07) is 0. The average molecular weight is 130 g/mol. The van der Waals surface area contributed by atoms with Crippen LogP contribution in [0.2, 0.25) is 0 Å². The monoisotopic (exact) mass is 130 g/mol. The highest BCUT2D eigenvalue weighted by Gasteiger charge is 2.31. The van der Waals surface area contributed by atoms with Crippen molar-refractivity contribution in [2.75, 3.05) is 0 Å². The van der Waals surface area contributed by atoms with Gasteiger partial charge in [-0.25, -0.2) is 0 Å². The first-order chi connectivity index (χ1) is 3.77. The third kappa shape index (κ3) is 1.19. The van der Waals surface area contributed by atoms with E-state index in [4.69, 9.17) is 0 Å². The minimum Gasteiger partial charge on any atom is -0.173 e. The molecular formula is C7H14S. The van der Waals surface area contributed by atoms with Crippen LogP contribution in [0.1, 0.15) is 39.0 Å². The number of hydrogen-bond acceptors (Lipinski definition) is 1. The predicted molar refractivity (Wildman–Crippen MR) is 40.5 cm³/mol. The molecule has 0 saturated heterocycles. The topological polar surface area (TPSA) is 0 Å². The first-order valence-corrected chi connectivity index (χ1v) is 3.94. The maximum Gasteiger partial charge on any atom is 0.0129 e. The molecule has 1 aliphatic carbocycles. The van der Waals surface area contributed by atoms with Crippen LogP contribution in [-0.2, 0) is 0 Å². The molecule has 48 valence electrons. The van der Waals surface area contributed by atoms with E-state index >= 15 is 0 Å². The van der Waals surface area contributed by atoms with Gasteiger partial charge in [-0.05, 0) is 19.3 Å². The molecule has 0 radical (unpaired) electrons.